The van der Waals surface area contributed by atoms with E-state index in [9.17, 15) is 9.59 Å². The number of ether oxygens (including phenoxy) is 1. The third kappa shape index (κ3) is 4.83. The lowest BCUT2D eigenvalue weighted by Gasteiger charge is -2.10. The van der Waals surface area contributed by atoms with Crippen LogP contribution in [0.5, 0.6) is 5.75 Å². The van der Waals surface area contributed by atoms with Crippen LogP contribution in [0.2, 0.25) is 5.02 Å². The number of hydrogen-bond acceptors (Lipinski definition) is 4. The van der Waals surface area contributed by atoms with Crippen molar-refractivity contribution in [3.63, 3.8) is 0 Å². The van der Waals surface area contributed by atoms with Crippen LogP contribution in [-0.4, -0.2) is 18.8 Å². The van der Waals surface area contributed by atoms with Crippen LogP contribution in [0.15, 0.2) is 77.4 Å². The molecule has 1 N–H and O–H groups in total. The maximum Gasteiger partial charge on any atom is 0.248 e. The minimum Gasteiger partial charge on any atom is -0.496 e. The minimum absolute atomic E-state index is 0.0247. The first-order valence-electron chi connectivity index (χ1n) is 10.3. The standard InChI is InChI=1S/C27H22ClNO4/c1-16(12-27(31)29-21-10-6-18(7-11-21)17(2)30)22-13-23-24(19-4-8-20(28)9-5-19)15-33-26(23)14-25(22)32-3/h4-15H,1-3H3,(H,29,31)/b16-12+. The minimum atomic E-state index is -0.282. The van der Waals surface area contributed by atoms with E-state index < -0.39 is 0 Å². The van der Waals surface area contributed by atoms with E-state index in [4.69, 9.17) is 20.8 Å². The second kappa shape index (κ2) is 9.35. The average molecular weight is 460 g/mol. The molecule has 0 atom stereocenters. The third-order valence-corrected chi connectivity index (χ3v) is 5.63. The van der Waals surface area contributed by atoms with E-state index in [0.717, 1.165) is 27.6 Å². The number of benzene rings is 3. The highest BCUT2D eigenvalue weighted by molar-refractivity contribution is 6.30. The van der Waals surface area contributed by atoms with Crippen LogP contribution in [-0.2, 0) is 4.79 Å². The Morgan fingerprint density at radius 2 is 1.70 bits per heavy atom. The zero-order valence-corrected chi connectivity index (χ0v) is 19.2. The highest BCUT2D eigenvalue weighted by Gasteiger charge is 2.15. The van der Waals surface area contributed by atoms with Crippen molar-refractivity contribution in [2.75, 3.05) is 12.4 Å². The topological polar surface area (TPSA) is 68.5 Å². The molecule has 6 heteroatoms. The lowest BCUT2D eigenvalue weighted by atomic mass is 9.99. The number of furan rings is 1. The maximum atomic E-state index is 12.6. The van der Waals surface area contributed by atoms with Gasteiger partial charge >= 0.3 is 0 Å². The van der Waals surface area contributed by atoms with E-state index in [0.29, 0.717) is 27.6 Å². The van der Waals surface area contributed by atoms with Crippen LogP contribution < -0.4 is 10.1 Å². The van der Waals surface area contributed by atoms with Crippen molar-refractivity contribution in [1.82, 2.24) is 0 Å². The molecule has 0 fully saturated rings. The van der Waals surface area contributed by atoms with Gasteiger partial charge in [-0.05, 0) is 67.4 Å². The molecule has 4 aromatic rings. The summed E-state index contributed by atoms with van der Waals surface area (Å²) in [4.78, 5) is 24.0. The van der Waals surface area contributed by atoms with E-state index in [1.165, 1.54) is 13.0 Å². The zero-order valence-electron chi connectivity index (χ0n) is 18.4. The number of halogens is 1. The summed E-state index contributed by atoms with van der Waals surface area (Å²) < 4.78 is 11.3. The first-order chi connectivity index (χ1) is 15.9. The normalized spacial score (nSPS) is 11.5. The second-order valence-corrected chi connectivity index (χ2v) is 8.09. The van der Waals surface area contributed by atoms with Gasteiger partial charge in [0.2, 0.25) is 5.91 Å². The van der Waals surface area contributed by atoms with Gasteiger partial charge in [-0.3, -0.25) is 9.59 Å². The Labute approximate surface area is 196 Å². The predicted octanol–water partition coefficient (Wildman–Crippen LogP) is 7.01. The molecular formula is C27H22ClNO4. The molecule has 1 aromatic heterocycles. The van der Waals surface area contributed by atoms with Gasteiger partial charge in [-0.2, -0.15) is 0 Å². The van der Waals surface area contributed by atoms with Gasteiger partial charge in [-0.25, -0.2) is 0 Å². The van der Waals surface area contributed by atoms with Gasteiger partial charge in [-0.15, -0.1) is 0 Å². The van der Waals surface area contributed by atoms with Crippen LogP contribution in [0, 0.1) is 0 Å². The molecule has 33 heavy (non-hydrogen) atoms. The summed E-state index contributed by atoms with van der Waals surface area (Å²) in [6.45, 7) is 3.35. The summed E-state index contributed by atoms with van der Waals surface area (Å²) in [7, 11) is 1.58. The number of carbonyl (C=O) groups is 2. The molecule has 3 aromatic carbocycles. The van der Waals surface area contributed by atoms with Crippen molar-refractivity contribution in [3.05, 3.63) is 89.2 Å². The molecule has 0 bridgehead atoms. The molecule has 1 heterocycles. The summed E-state index contributed by atoms with van der Waals surface area (Å²) >= 11 is 6.03. The number of Topliss-reactive ketones (excluding diaryl/α,β-unsaturated/α-hetero) is 1. The Balaban J connectivity index is 1.65. The highest BCUT2D eigenvalue weighted by atomic mass is 35.5. The van der Waals surface area contributed by atoms with Gasteiger partial charge in [0.05, 0.1) is 13.4 Å². The SMILES string of the molecule is COc1cc2occ(-c3ccc(Cl)cc3)c2cc1/C(C)=C/C(=O)Nc1ccc(C(C)=O)cc1. The lowest BCUT2D eigenvalue weighted by molar-refractivity contribution is -0.111. The Hall–Kier alpha value is -3.83. The van der Waals surface area contributed by atoms with Gasteiger partial charge < -0.3 is 14.5 Å². The number of fused-ring (bicyclic) bond motifs is 1. The number of rotatable bonds is 6. The van der Waals surface area contributed by atoms with Crippen LogP contribution in [0.1, 0.15) is 29.8 Å². The molecule has 166 valence electrons. The number of anilines is 1. The summed E-state index contributed by atoms with van der Waals surface area (Å²) in [5.74, 6) is 0.297. The first-order valence-corrected chi connectivity index (χ1v) is 10.7. The van der Waals surface area contributed by atoms with E-state index in [1.807, 2.05) is 43.3 Å². The molecule has 1 amide bonds. The Morgan fingerprint density at radius 3 is 2.33 bits per heavy atom. The third-order valence-electron chi connectivity index (χ3n) is 5.38. The Morgan fingerprint density at radius 1 is 1.00 bits per heavy atom. The molecular weight excluding hydrogens is 438 g/mol. The van der Waals surface area contributed by atoms with Gasteiger partial charge in [-0.1, -0.05) is 23.7 Å². The fourth-order valence-corrected chi connectivity index (χ4v) is 3.75. The summed E-state index contributed by atoms with van der Waals surface area (Å²) in [5, 5.41) is 4.39. The molecule has 0 saturated carbocycles. The highest BCUT2D eigenvalue weighted by Crippen LogP contribution is 2.37. The van der Waals surface area contributed by atoms with Crippen molar-refractivity contribution in [3.8, 4) is 16.9 Å². The lowest BCUT2D eigenvalue weighted by Crippen LogP contribution is -2.09. The van der Waals surface area contributed by atoms with Gasteiger partial charge in [0.15, 0.2) is 5.78 Å². The number of allylic oxidation sites excluding steroid dienone is 1. The molecule has 5 nitrogen and oxygen atoms in total. The molecule has 0 radical (unpaired) electrons. The van der Waals surface area contributed by atoms with Crippen molar-refractivity contribution in [2.24, 2.45) is 0 Å². The fraction of sp³-hybridized carbons (Fsp3) is 0.111. The summed E-state index contributed by atoms with van der Waals surface area (Å²) in [6, 6.07) is 18.1. The van der Waals surface area contributed by atoms with Crippen molar-refractivity contribution >= 4 is 45.5 Å². The van der Waals surface area contributed by atoms with Crippen LogP contribution in [0.4, 0.5) is 5.69 Å². The van der Waals surface area contributed by atoms with E-state index >= 15 is 0 Å². The number of methoxy groups -OCH3 is 1. The molecule has 0 spiro atoms. The summed E-state index contributed by atoms with van der Waals surface area (Å²) in [6.07, 6.45) is 3.22. The second-order valence-electron chi connectivity index (χ2n) is 7.66. The zero-order chi connectivity index (χ0) is 23.5. The van der Waals surface area contributed by atoms with Crippen molar-refractivity contribution < 1.29 is 18.7 Å². The molecule has 0 unspecified atom stereocenters. The first kappa shape index (κ1) is 22.4. The van der Waals surface area contributed by atoms with Gasteiger partial charge in [0, 0.05) is 44.9 Å². The quantitative estimate of drug-likeness (QED) is 0.249. The van der Waals surface area contributed by atoms with E-state index in [2.05, 4.69) is 5.32 Å². The largest absolute Gasteiger partial charge is 0.496 e. The molecule has 0 saturated heterocycles. The smallest absolute Gasteiger partial charge is 0.248 e. The van der Waals surface area contributed by atoms with Crippen molar-refractivity contribution in [2.45, 2.75) is 13.8 Å². The predicted molar refractivity (Wildman–Crippen MR) is 132 cm³/mol. The van der Waals surface area contributed by atoms with E-state index in [1.54, 1.807) is 37.6 Å². The molecule has 4 rings (SSSR count). The van der Waals surface area contributed by atoms with E-state index in [-0.39, 0.29) is 11.7 Å². The van der Waals surface area contributed by atoms with Gasteiger partial charge in [0.25, 0.3) is 0 Å². The number of nitrogens with one attached hydrogen (secondary N) is 1. The fourth-order valence-electron chi connectivity index (χ4n) is 3.63. The van der Waals surface area contributed by atoms with Crippen LogP contribution in [0.25, 0.3) is 27.7 Å². The maximum absolute atomic E-state index is 12.6. The number of ketones is 1. The summed E-state index contributed by atoms with van der Waals surface area (Å²) in [5.41, 5.74) is 5.30. The average Bonchev–Trinajstić information content (AvgIpc) is 3.21. The molecule has 0 aliphatic rings. The Bertz CT molecular complexity index is 1370. The molecule has 0 aliphatic carbocycles. The monoisotopic (exact) mass is 459 g/mol. The van der Waals surface area contributed by atoms with Crippen LogP contribution >= 0.6 is 11.6 Å². The van der Waals surface area contributed by atoms with Crippen molar-refractivity contribution in [1.29, 1.82) is 0 Å². The number of carbonyl (C=O) groups excluding carboxylic acids is 2. The number of hydrogen-bond donors (Lipinski definition) is 1. The van der Waals surface area contributed by atoms with Gasteiger partial charge in [0.1, 0.15) is 11.3 Å². The number of amides is 1. The Kier molecular flexibility index (Phi) is 6.33. The molecule has 0 aliphatic heterocycles. The van der Waals surface area contributed by atoms with Crippen LogP contribution in [0.3, 0.4) is 0 Å².